The lowest BCUT2D eigenvalue weighted by molar-refractivity contribution is 0.0786. The van der Waals surface area contributed by atoms with Crippen LogP contribution in [-0.2, 0) is 15.8 Å². The van der Waals surface area contributed by atoms with Crippen LogP contribution in [0.5, 0.6) is 0 Å². The Kier molecular flexibility index (Phi) is 4.68. The molecule has 2 aliphatic heterocycles. The van der Waals surface area contributed by atoms with Gasteiger partial charge in [0, 0.05) is 31.7 Å². The quantitative estimate of drug-likeness (QED) is 0.757. The summed E-state index contributed by atoms with van der Waals surface area (Å²) in [5, 5.41) is 7.92. The summed E-state index contributed by atoms with van der Waals surface area (Å²) < 4.78 is 41.5. The van der Waals surface area contributed by atoms with Crippen molar-refractivity contribution in [3.8, 4) is 0 Å². The zero-order chi connectivity index (χ0) is 19.0. The highest BCUT2D eigenvalue weighted by Crippen LogP contribution is 2.26. The molecule has 0 bridgehead atoms. The highest BCUT2D eigenvalue weighted by Gasteiger charge is 2.38. The van der Waals surface area contributed by atoms with E-state index in [-0.39, 0.29) is 42.0 Å². The van der Waals surface area contributed by atoms with E-state index in [2.05, 4.69) is 10.3 Å². The minimum absolute atomic E-state index is 0.137. The van der Waals surface area contributed by atoms with Gasteiger partial charge in [-0.25, -0.2) is 17.5 Å². The van der Waals surface area contributed by atoms with Crippen LogP contribution in [0.25, 0.3) is 0 Å². The van der Waals surface area contributed by atoms with Crippen LogP contribution in [0, 0.1) is 5.82 Å². The van der Waals surface area contributed by atoms with Crippen molar-refractivity contribution in [2.45, 2.75) is 24.6 Å². The van der Waals surface area contributed by atoms with Gasteiger partial charge in [0.15, 0.2) is 5.69 Å². The van der Waals surface area contributed by atoms with Crippen molar-refractivity contribution in [2.24, 2.45) is 0 Å². The Hall–Kier alpha value is -2.33. The van der Waals surface area contributed by atoms with Gasteiger partial charge < -0.3 is 4.90 Å². The first-order valence-corrected chi connectivity index (χ1v) is 10.5. The molecule has 0 atom stereocenters. The minimum Gasteiger partial charge on any atom is -0.337 e. The molecule has 8 nitrogen and oxygen atoms in total. The number of amides is 1. The van der Waals surface area contributed by atoms with Crippen LogP contribution in [0.4, 0.5) is 4.39 Å². The van der Waals surface area contributed by atoms with Crippen molar-refractivity contribution in [3.05, 3.63) is 47.5 Å². The van der Waals surface area contributed by atoms with E-state index in [0.717, 1.165) is 25.9 Å². The maximum atomic E-state index is 13.7. The molecular formula is C17H20FN5O3S. The lowest BCUT2D eigenvalue weighted by atomic mass is 10.2. The summed E-state index contributed by atoms with van der Waals surface area (Å²) in [5.74, 6) is -1.04. The van der Waals surface area contributed by atoms with Crippen molar-refractivity contribution >= 4 is 15.9 Å². The molecule has 1 aromatic heterocycles. The number of aromatic nitrogens is 3. The molecule has 0 spiro atoms. The van der Waals surface area contributed by atoms with E-state index in [1.165, 1.54) is 22.5 Å². The number of carbonyl (C=O) groups excluding carboxylic acids is 1. The van der Waals surface area contributed by atoms with E-state index in [0.29, 0.717) is 0 Å². The Morgan fingerprint density at radius 2 is 1.89 bits per heavy atom. The first-order chi connectivity index (χ1) is 12.9. The van der Waals surface area contributed by atoms with Crippen LogP contribution < -0.4 is 0 Å². The Labute approximate surface area is 156 Å². The third-order valence-electron chi connectivity index (χ3n) is 5.01. The number of halogens is 1. The molecule has 1 amide bonds. The maximum absolute atomic E-state index is 13.7. The average molecular weight is 393 g/mol. The Balaban J connectivity index is 1.38. The number of rotatable bonds is 5. The summed E-state index contributed by atoms with van der Waals surface area (Å²) in [6.45, 7) is 1.93. The lowest BCUT2D eigenvalue weighted by Gasteiger charge is -2.37. The average Bonchev–Trinajstić information content (AvgIpc) is 3.26. The second-order valence-corrected chi connectivity index (χ2v) is 8.87. The summed E-state index contributed by atoms with van der Waals surface area (Å²) in [4.78, 5) is 14.1. The minimum atomic E-state index is -3.61. The highest BCUT2D eigenvalue weighted by molar-refractivity contribution is 7.88. The Morgan fingerprint density at radius 1 is 1.19 bits per heavy atom. The topological polar surface area (TPSA) is 88.4 Å². The summed E-state index contributed by atoms with van der Waals surface area (Å²) >= 11 is 0. The number of carbonyl (C=O) groups is 1. The van der Waals surface area contributed by atoms with Gasteiger partial charge in [-0.15, -0.1) is 5.10 Å². The number of sulfonamides is 1. The van der Waals surface area contributed by atoms with Crippen molar-refractivity contribution in [1.82, 2.24) is 24.2 Å². The molecule has 1 aromatic carbocycles. The summed E-state index contributed by atoms with van der Waals surface area (Å²) in [6.07, 6.45) is 3.57. The molecule has 0 saturated carbocycles. The highest BCUT2D eigenvalue weighted by atomic mass is 32.2. The fourth-order valence-corrected chi connectivity index (χ4v) is 4.96. The molecule has 2 aliphatic rings. The summed E-state index contributed by atoms with van der Waals surface area (Å²) in [5.41, 5.74) is 0.435. The molecular weight excluding hydrogens is 373 g/mol. The van der Waals surface area contributed by atoms with Crippen LogP contribution in [0.2, 0.25) is 0 Å². The van der Waals surface area contributed by atoms with Gasteiger partial charge in [0.1, 0.15) is 5.82 Å². The largest absolute Gasteiger partial charge is 0.337 e. The first kappa shape index (κ1) is 18.1. The van der Waals surface area contributed by atoms with E-state index in [9.17, 15) is 17.6 Å². The Morgan fingerprint density at radius 3 is 2.59 bits per heavy atom. The van der Waals surface area contributed by atoms with Gasteiger partial charge in [-0.05, 0) is 18.9 Å². The predicted molar refractivity (Wildman–Crippen MR) is 94.8 cm³/mol. The van der Waals surface area contributed by atoms with Crippen LogP contribution in [-0.4, -0.2) is 64.7 Å². The molecule has 0 unspecified atom stereocenters. The van der Waals surface area contributed by atoms with Crippen LogP contribution >= 0.6 is 0 Å². The molecule has 2 fully saturated rings. The van der Waals surface area contributed by atoms with Crippen molar-refractivity contribution in [2.75, 3.05) is 26.2 Å². The molecule has 2 saturated heterocycles. The zero-order valence-electron chi connectivity index (χ0n) is 14.7. The molecule has 3 heterocycles. The molecule has 10 heteroatoms. The van der Waals surface area contributed by atoms with E-state index >= 15 is 0 Å². The fraction of sp³-hybridized carbons (Fsp3) is 0.471. The van der Waals surface area contributed by atoms with Crippen LogP contribution in [0.3, 0.4) is 0 Å². The SMILES string of the molecule is O=C(c1cn(C2CN(S(=O)(=O)Cc3ccccc3F)C2)nn1)N1CCCC1. The van der Waals surface area contributed by atoms with E-state index < -0.39 is 15.8 Å². The van der Waals surface area contributed by atoms with Crippen molar-refractivity contribution in [1.29, 1.82) is 0 Å². The normalized spacial score (nSPS) is 18.6. The molecule has 0 radical (unpaired) electrons. The summed E-state index contributed by atoms with van der Waals surface area (Å²) in [7, 11) is -3.61. The monoisotopic (exact) mass is 393 g/mol. The molecule has 4 rings (SSSR count). The molecule has 144 valence electrons. The van der Waals surface area contributed by atoms with Gasteiger partial charge in [-0.1, -0.05) is 23.4 Å². The van der Waals surface area contributed by atoms with E-state index in [1.807, 2.05) is 0 Å². The second-order valence-electron chi connectivity index (χ2n) is 6.90. The third kappa shape index (κ3) is 3.59. The van der Waals surface area contributed by atoms with Crippen molar-refractivity contribution < 1.29 is 17.6 Å². The number of benzene rings is 1. The van der Waals surface area contributed by atoms with Gasteiger partial charge in [0.25, 0.3) is 5.91 Å². The lowest BCUT2D eigenvalue weighted by Crippen LogP contribution is -2.51. The third-order valence-corrected chi connectivity index (χ3v) is 6.78. The standard InChI is InChI=1S/C17H20FN5O3S/c18-15-6-2-1-5-13(15)12-27(25,26)22-9-14(10-22)23-11-16(19-20-23)17(24)21-7-3-4-8-21/h1-2,5-6,11,14H,3-4,7-10,12H2. The summed E-state index contributed by atoms with van der Waals surface area (Å²) in [6, 6.07) is 5.68. The number of nitrogens with zero attached hydrogens (tertiary/aromatic N) is 5. The van der Waals surface area contributed by atoms with Crippen LogP contribution in [0.1, 0.15) is 34.9 Å². The molecule has 27 heavy (non-hydrogen) atoms. The van der Waals surface area contributed by atoms with Gasteiger partial charge in [-0.3, -0.25) is 4.79 Å². The number of hydrogen-bond donors (Lipinski definition) is 0. The molecule has 2 aromatic rings. The Bertz CT molecular complexity index is 949. The van der Waals surface area contributed by atoms with Gasteiger partial charge in [-0.2, -0.15) is 4.31 Å². The second kappa shape index (κ2) is 7.01. The molecule has 0 aliphatic carbocycles. The van der Waals surface area contributed by atoms with Crippen molar-refractivity contribution in [3.63, 3.8) is 0 Å². The smallest absolute Gasteiger partial charge is 0.276 e. The zero-order valence-corrected chi connectivity index (χ0v) is 15.5. The maximum Gasteiger partial charge on any atom is 0.276 e. The number of likely N-dealkylation sites (tertiary alicyclic amines) is 1. The van der Waals surface area contributed by atoms with Gasteiger partial charge in [0.2, 0.25) is 10.0 Å². The predicted octanol–water partition coefficient (Wildman–Crippen LogP) is 1.04. The van der Waals surface area contributed by atoms with E-state index in [4.69, 9.17) is 0 Å². The van der Waals surface area contributed by atoms with Gasteiger partial charge in [0.05, 0.1) is 18.0 Å². The number of hydrogen-bond acceptors (Lipinski definition) is 5. The van der Waals surface area contributed by atoms with Crippen LogP contribution in [0.15, 0.2) is 30.5 Å². The first-order valence-electron chi connectivity index (χ1n) is 8.86. The van der Waals surface area contributed by atoms with E-state index in [1.54, 1.807) is 21.8 Å². The van der Waals surface area contributed by atoms with Gasteiger partial charge >= 0.3 is 0 Å². The fourth-order valence-electron chi connectivity index (χ4n) is 3.35. The molecule has 0 N–H and O–H groups in total.